The van der Waals surface area contributed by atoms with Crippen LogP contribution in [0.3, 0.4) is 0 Å². The first-order valence-corrected chi connectivity index (χ1v) is 4.38. The fraction of sp³-hybridized carbons (Fsp3) is 0.222. The molecule has 0 aliphatic rings. The number of esters is 1. The lowest BCUT2D eigenvalue weighted by molar-refractivity contribution is -0.385. The fourth-order valence-electron chi connectivity index (χ4n) is 1.17. The highest BCUT2D eigenvalue weighted by Crippen LogP contribution is 2.28. The number of halogens is 1. The van der Waals surface area contributed by atoms with E-state index in [1.807, 2.05) is 0 Å². The minimum absolute atomic E-state index is 0.0218. The molecule has 80 valence electrons. The summed E-state index contributed by atoms with van der Waals surface area (Å²) >= 11 is 5.75. The predicted octanol–water partition coefficient (Wildman–Crippen LogP) is 2.34. The number of benzene rings is 1. The van der Waals surface area contributed by atoms with Gasteiger partial charge in [0.15, 0.2) is 5.56 Å². The molecule has 0 heterocycles. The molecule has 0 radical (unpaired) electrons. The lowest BCUT2D eigenvalue weighted by Gasteiger charge is -2.04. The first-order chi connectivity index (χ1) is 6.97. The molecule has 0 spiro atoms. The number of ether oxygens (including phenoxy) is 1. The van der Waals surface area contributed by atoms with Crippen molar-refractivity contribution in [3.63, 3.8) is 0 Å². The van der Waals surface area contributed by atoms with Crippen LogP contribution in [0.5, 0.6) is 0 Å². The van der Waals surface area contributed by atoms with E-state index >= 15 is 0 Å². The smallest absolute Gasteiger partial charge is 0.346 e. The van der Waals surface area contributed by atoms with Gasteiger partial charge in [-0.05, 0) is 18.6 Å². The van der Waals surface area contributed by atoms with Gasteiger partial charge in [0.05, 0.1) is 17.1 Å². The van der Waals surface area contributed by atoms with Crippen molar-refractivity contribution < 1.29 is 14.5 Å². The van der Waals surface area contributed by atoms with E-state index in [4.69, 9.17) is 11.6 Å². The normalized spacial score (nSPS) is 9.80. The van der Waals surface area contributed by atoms with E-state index in [0.29, 0.717) is 5.56 Å². The molecule has 5 nitrogen and oxygen atoms in total. The predicted molar refractivity (Wildman–Crippen MR) is 54.2 cm³/mol. The van der Waals surface area contributed by atoms with Crippen LogP contribution in [0.4, 0.5) is 5.69 Å². The van der Waals surface area contributed by atoms with Crippen molar-refractivity contribution >= 4 is 23.3 Å². The molecule has 6 heteroatoms. The number of nitro groups is 1. The van der Waals surface area contributed by atoms with Crippen LogP contribution >= 0.6 is 11.6 Å². The van der Waals surface area contributed by atoms with Gasteiger partial charge in [0.2, 0.25) is 0 Å². The van der Waals surface area contributed by atoms with Gasteiger partial charge < -0.3 is 4.74 Å². The van der Waals surface area contributed by atoms with E-state index in [1.165, 1.54) is 12.1 Å². The van der Waals surface area contributed by atoms with E-state index < -0.39 is 10.9 Å². The van der Waals surface area contributed by atoms with Gasteiger partial charge >= 0.3 is 5.97 Å². The molecule has 0 atom stereocenters. The van der Waals surface area contributed by atoms with Crippen LogP contribution in [0.15, 0.2) is 12.1 Å². The Morgan fingerprint density at radius 3 is 2.60 bits per heavy atom. The monoisotopic (exact) mass is 229 g/mol. The second-order valence-corrected chi connectivity index (χ2v) is 3.30. The number of aryl methyl sites for hydroxylation is 1. The number of hydrogen-bond acceptors (Lipinski definition) is 4. The molecule has 0 bridgehead atoms. The molecular weight excluding hydrogens is 222 g/mol. The topological polar surface area (TPSA) is 69.4 Å². The van der Waals surface area contributed by atoms with Gasteiger partial charge in [-0.3, -0.25) is 10.1 Å². The van der Waals surface area contributed by atoms with Crippen molar-refractivity contribution in [1.29, 1.82) is 0 Å². The van der Waals surface area contributed by atoms with Crippen molar-refractivity contribution in [3.8, 4) is 0 Å². The number of hydrogen-bond donors (Lipinski definition) is 0. The molecule has 0 aromatic heterocycles. The average molecular weight is 230 g/mol. The summed E-state index contributed by atoms with van der Waals surface area (Å²) in [4.78, 5) is 21.3. The summed E-state index contributed by atoms with van der Waals surface area (Å²) in [6.07, 6.45) is 0. The Morgan fingerprint density at radius 2 is 2.13 bits per heavy atom. The molecular formula is C9H8ClNO4. The van der Waals surface area contributed by atoms with E-state index in [-0.39, 0.29) is 16.3 Å². The zero-order chi connectivity index (χ0) is 11.6. The van der Waals surface area contributed by atoms with Crippen LogP contribution in [0.2, 0.25) is 5.02 Å². The zero-order valence-electron chi connectivity index (χ0n) is 8.11. The largest absolute Gasteiger partial charge is 0.465 e. The maximum atomic E-state index is 11.3. The first-order valence-electron chi connectivity index (χ1n) is 4.00. The second kappa shape index (κ2) is 4.27. The molecule has 0 saturated heterocycles. The molecule has 0 aliphatic heterocycles. The van der Waals surface area contributed by atoms with Crippen LogP contribution in [-0.2, 0) is 4.74 Å². The molecule has 0 unspecified atom stereocenters. The lowest BCUT2D eigenvalue weighted by Crippen LogP contribution is -2.07. The summed E-state index contributed by atoms with van der Waals surface area (Å²) < 4.78 is 4.42. The number of methoxy groups -OCH3 is 1. The second-order valence-electron chi connectivity index (χ2n) is 2.89. The molecule has 15 heavy (non-hydrogen) atoms. The van der Waals surface area contributed by atoms with Crippen LogP contribution in [0, 0.1) is 17.0 Å². The lowest BCUT2D eigenvalue weighted by atomic mass is 10.1. The Kier molecular flexibility index (Phi) is 3.26. The van der Waals surface area contributed by atoms with E-state index in [0.717, 1.165) is 7.11 Å². The van der Waals surface area contributed by atoms with Crippen molar-refractivity contribution in [1.82, 2.24) is 0 Å². The zero-order valence-corrected chi connectivity index (χ0v) is 8.87. The highest BCUT2D eigenvalue weighted by Gasteiger charge is 2.24. The average Bonchev–Trinajstić information content (AvgIpc) is 2.15. The number of carbonyl (C=O) groups is 1. The maximum Gasteiger partial charge on any atom is 0.346 e. The molecule has 1 rings (SSSR count). The van der Waals surface area contributed by atoms with Gasteiger partial charge in [-0.1, -0.05) is 11.6 Å². The Hall–Kier alpha value is -1.62. The quantitative estimate of drug-likeness (QED) is 0.443. The van der Waals surface area contributed by atoms with Gasteiger partial charge in [0.1, 0.15) is 0 Å². The van der Waals surface area contributed by atoms with Gasteiger partial charge in [-0.2, -0.15) is 0 Å². The SMILES string of the molecule is COC(=O)c1c(Cl)cc(C)cc1[N+](=O)[O-]. The van der Waals surface area contributed by atoms with Crippen LogP contribution < -0.4 is 0 Å². The fourth-order valence-corrected chi connectivity index (χ4v) is 1.52. The number of nitro benzene ring substituents is 1. The summed E-state index contributed by atoms with van der Waals surface area (Å²) in [5.41, 5.74) is 0.0565. The molecule has 0 amide bonds. The number of nitrogens with zero attached hydrogens (tertiary/aromatic N) is 1. The number of rotatable bonds is 2. The van der Waals surface area contributed by atoms with Crippen molar-refractivity contribution in [2.75, 3.05) is 7.11 Å². The highest BCUT2D eigenvalue weighted by atomic mass is 35.5. The van der Waals surface area contributed by atoms with Gasteiger partial charge in [-0.25, -0.2) is 4.79 Å². The Labute approximate surface area is 90.8 Å². The number of carbonyl (C=O) groups excluding carboxylic acids is 1. The Morgan fingerprint density at radius 1 is 1.53 bits per heavy atom. The summed E-state index contributed by atoms with van der Waals surface area (Å²) in [6, 6.07) is 2.75. The molecule has 0 aliphatic carbocycles. The van der Waals surface area contributed by atoms with Gasteiger partial charge in [0, 0.05) is 6.07 Å². The third-order valence-corrected chi connectivity index (χ3v) is 2.10. The summed E-state index contributed by atoms with van der Waals surface area (Å²) in [5, 5.41) is 10.7. The highest BCUT2D eigenvalue weighted by molar-refractivity contribution is 6.34. The third kappa shape index (κ3) is 2.24. The maximum absolute atomic E-state index is 11.3. The third-order valence-electron chi connectivity index (χ3n) is 1.80. The van der Waals surface area contributed by atoms with E-state index in [2.05, 4.69) is 4.74 Å². The van der Waals surface area contributed by atoms with Crippen molar-refractivity contribution in [2.45, 2.75) is 6.92 Å². The molecule has 0 N–H and O–H groups in total. The molecule has 0 saturated carbocycles. The molecule has 0 fully saturated rings. The first kappa shape index (κ1) is 11.5. The minimum Gasteiger partial charge on any atom is -0.465 e. The van der Waals surface area contributed by atoms with Crippen LogP contribution in [-0.4, -0.2) is 18.0 Å². The van der Waals surface area contributed by atoms with E-state index in [1.54, 1.807) is 6.92 Å². The van der Waals surface area contributed by atoms with Crippen molar-refractivity contribution in [2.24, 2.45) is 0 Å². The van der Waals surface area contributed by atoms with Gasteiger partial charge in [-0.15, -0.1) is 0 Å². The minimum atomic E-state index is -0.813. The van der Waals surface area contributed by atoms with Crippen LogP contribution in [0.25, 0.3) is 0 Å². The Balaban J connectivity index is 3.46. The molecule has 1 aromatic rings. The summed E-state index contributed by atoms with van der Waals surface area (Å²) in [5.74, 6) is -0.813. The summed E-state index contributed by atoms with van der Waals surface area (Å²) in [6.45, 7) is 1.65. The van der Waals surface area contributed by atoms with Crippen molar-refractivity contribution in [3.05, 3.63) is 38.4 Å². The Bertz CT molecular complexity index is 430. The molecule has 1 aromatic carbocycles. The standard InChI is InChI=1S/C9H8ClNO4/c1-5-3-6(10)8(9(12)15-2)7(4-5)11(13)14/h3-4H,1-2H3. The summed E-state index contributed by atoms with van der Waals surface area (Å²) in [7, 11) is 1.14. The van der Waals surface area contributed by atoms with E-state index in [9.17, 15) is 14.9 Å². The van der Waals surface area contributed by atoms with Crippen LogP contribution in [0.1, 0.15) is 15.9 Å². The van der Waals surface area contributed by atoms with Gasteiger partial charge in [0.25, 0.3) is 5.69 Å².